The minimum absolute atomic E-state index is 0.336. The van der Waals surface area contributed by atoms with Gasteiger partial charge in [-0.05, 0) is 42.8 Å². The number of nitrogens with zero attached hydrogens (tertiary/aromatic N) is 2. The SMILES string of the molecule is CCN1c2ccc(/C=N/N)cc2Sc2ccc([SH](=O)=O)cc21. The van der Waals surface area contributed by atoms with Crippen molar-refractivity contribution >= 4 is 40.1 Å². The second-order valence-corrected chi connectivity index (χ2v) is 6.88. The first-order valence-electron chi connectivity index (χ1n) is 6.75. The molecule has 22 heavy (non-hydrogen) atoms. The summed E-state index contributed by atoms with van der Waals surface area (Å²) in [6.07, 6.45) is 1.61. The minimum Gasteiger partial charge on any atom is -0.340 e. The first-order chi connectivity index (χ1) is 10.6. The fourth-order valence-corrected chi connectivity index (χ4v) is 4.06. The molecule has 0 atom stereocenters. The Bertz CT molecular complexity index is 824. The number of thiol groups is 1. The van der Waals surface area contributed by atoms with Crippen LogP contribution in [0.2, 0.25) is 0 Å². The highest BCUT2D eigenvalue weighted by atomic mass is 32.2. The van der Waals surface area contributed by atoms with Gasteiger partial charge in [-0.1, -0.05) is 17.8 Å². The van der Waals surface area contributed by atoms with Crippen molar-refractivity contribution in [2.45, 2.75) is 21.6 Å². The molecule has 2 N–H and O–H groups in total. The molecule has 5 nitrogen and oxygen atoms in total. The van der Waals surface area contributed by atoms with Crippen molar-refractivity contribution < 1.29 is 8.42 Å². The van der Waals surface area contributed by atoms with Gasteiger partial charge in [-0.15, -0.1) is 0 Å². The maximum Gasteiger partial charge on any atom is 0.168 e. The molecule has 2 aromatic carbocycles. The van der Waals surface area contributed by atoms with Crippen LogP contribution < -0.4 is 10.7 Å². The molecule has 1 aliphatic rings. The van der Waals surface area contributed by atoms with Crippen LogP contribution in [0.3, 0.4) is 0 Å². The Morgan fingerprint density at radius 1 is 1.18 bits per heavy atom. The lowest BCUT2D eigenvalue weighted by molar-refractivity contribution is 0.614. The topological polar surface area (TPSA) is 75.8 Å². The first-order valence-corrected chi connectivity index (χ1v) is 8.74. The number of fused-ring (bicyclic) bond motifs is 2. The maximum atomic E-state index is 11.2. The molecule has 2 aromatic rings. The molecule has 0 unspecified atom stereocenters. The van der Waals surface area contributed by atoms with Gasteiger partial charge in [0, 0.05) is 16.3 Å². The third-order valence-electron chi connectivity index (χ3n) is 3.48. The summed E-state index contributed by atoms with van der Waals surface area (Å²) in [5.74, 6) is 5.21. The first kappa shape index (κ1) is 14.9. The Balaban J connectivity index is 2.13. The van der Waals surface area contributed by atoms with Crippen LogP contribution in [0.4, 0.5) is 11.4 Å². The molecule has 0 fully saturated rings. The van der Waals surface area contributed by atoms with E-state index >= 15 is 0 Å². The van der Waals surface area contributed by atoms with Crippen LogP contribution >= 0.6 is 11.8 Å². The van der Waals surface area contributed by atoms with Crippen molar-refractivity contribution in [3.63, 3.8) is 0 Å². The van der Waals surface area contributed by atoms with E-state index in [1.807, 2.05) is 31.2 Å². The van der Waals surface area contributed by atoms with E-state index in [9.17, 15) is 8.42 Å². The van der Waals surface area contributed by atoms with Crippen LogP contribution in [0.5, 0.6) is 0 Å². The average Bonchev–Trinajstić information content (AvgIpc) is 2.52. The third-order valence-corrected chi connectivity index (χ3v) is 5.29. The van der Waals surface area contributed by atoms with Gasteiger partial charge in [0.05, 0.1) is 22.5 Å². The molecule has 1 heterocycles. The Hall–Kier alpha value is -1.99. The van der Waals surface area contributed by atoms with Gasteiger partial charge >= 0.3 is 0 Å². The lowest BCUT2D eigenvalue weighted by Gasteiger charge is -2.32. The standard InChI is InChI=1S/C15H15N3O2S2/c1-2-18-12-5-3-10(9-17-16)7-15(12)21-14-6-4-11(22(19)20)8-13(14)18/h3-9,22H,2,16H2,1H3/b17-9+. The molecule has 7 heteroatoms. The Kier molecular flexibility index (Phi) is 4.08. The Labute approximate surface area is 134 Å². The smallest absolute Gasteiger partial charge is 0.168 e. The van der Waals surface area contributed by atoms with E-state index in [4.69, 9.17) is 5.84 Å². The van der Waals surface area contributed by atoms with E-state index in [1.54, 1.807) is 30.1 Å². The molecule has 0 radical (unpaired) electrons. The van der Waals surface area contributed by atoms with Gasteiger partial charge in [-0.2, -0.15) is 5.10 Å². The molecule has 0 amide bonds. The highest BCUT2D eigenvalue weighted by Gasteiger charge is 2.23. The summed E-state index contributed by atoms with van der Waals surface area (Å²) >= 11 is 1.62. The van der Waals surface area contributed by atoms with Crippen LogP contribution in [-0.2, 0) is 10.7 Å². The minimum atomic E-state index is -2.58. The average molecular weight is 333 g/mol. The van der Waals surface area contributed by atoms with Crippen LogP contribution in [0.1, 0.15) is 12.5 Å². The number of benzene rings is 2. The molecule has 0 bridgehead atoms. The molecule has 0 aliphatic carbocycles. The van der Waals surface area contributed by atoms with Gasteiger partial charge < -0.3 is 10.7 Å². The van der Waals surface area contributed by atoms with E-state index in [-0.39, 0.29) is 0 Å². The van der Waals surface area contributed by atoms with Crippen molar-refractivity contribution in [2.75, 3.05) is 11.4 Å². The fraction of sp³-hybridized carbons (Fsp3) is 0.133. The lowest BCUT2D eigenvalue weighted by Crippen LogP contribution is -2.20. The molecule has 0 aromatic heterocycles. The summed E-state index contributed by atoms with van der Waals surface area (Å²) in [5, 5.41) is 3.55. The molecular formula is C15H15N3O2S2. The van der Waals surface area contributed by atoms with Crippen molar-refractivity contribution in [3.05, 3.63) is 42.0 Å². The normalized spacial score (nSPS) is 13.5. The number of rotatable bonds is 3. The molecule has 0 spiro atoms. The van der Waals surface area contributed by atoms with Gasteiger partial charge in [0.25, 0.3) is 0 Å². The summed E-state index contributed by atoms with van der Waals surface area (Å²) in [4.78, 5) is 4.60. The summed E-state index contributed by atoms with van der Waals surface area (Å²) in [5.41, 5.74) is 2.93. The third kappa shape index (κ3) is 2.57. The van der Waals surface area contributed by atoms with Crippen molar-refractivity contribution in [2.24, 2.45) is 10.9 Å². The van der Waals surface area contributed by atoms with Crippen molar-refractivity contribution in [3.8, 4) is 0 Å². The van der Waals surface area contributed by atoms with Crippen molar-refractivity contribution in [1.82, 2.24) is 0 Å². The predicted molar refractivity (Wildman–Crippen MR) is 90.0 cm³/mol. The number of anilines is 2. The second kappa shape index (κ2) is 6.02. The van der Waals surface area contributed by atoms with Crippen molar-refractivity contribution in [1.29, 1.82) is 0 Å². The van der Waals surface area contributed by atoms with Gasteiger partial charge in [0.15, 0.2) is 10.7 Å². The van der Waals surface area contributed by atoms with Crippen LogP contribution in [0, 0.1) is 0 Å². The molecule has 0 saturated carbocycles. The summed E-state index contributed by atoms with van der Waals surface area (Å²) in [6.45, 7) is 2.80. The highest BCUT2D eigenvalue weighted by molar-refractivity contribution is 7.99. The zero-order valence-electron chi connectivity index (χ0n) is 11.9. The Morgan fingerprint density at radius 3 is 2.68 bits per heavy atom. The molecule has 1 aliphatic heterocycles. The highest BCUT2D eigenvalue weighted by Crippen LogP contribution is 2.48. The molecule has 114 valence electrons. The van der Waals surface area contributed by atoms with Crippen LogP contribution in [0.25, 0.3) is 0 Å². The summed E-state index contributed by atoms with van der Waals surface area (Å²) in [7, 11) is -2.58. The van der Waals surface area contributed by atoms with E-state index in [2.05, 4.69) is 10.0 Å². The van der Waals surface area contributed by atoms with Crippen LogP contribution in [0.15, 0.2) is 56.2 Å². The van der Waals surface area contributed by atoms with E-state index in [0.29, 0.717) is 4.90 Å². The fourth-order valence-electron chi connectivity index (χ4n) is 2.51. The largest absolute Gasteiger partial charge is 0.340 e. The maximum absolute atomic E-state index is 11.2. The lowest BCUT2D eigenvalue weighted by atomic mass is 10.1. The van der Waals surface area contributed by atoms with Gasteiger partial charge in [-0.3, -0.25) is 0 Å². The Morgan fingerprint density at radius 2 is 2.00 bits per heavy atom. The van der Waals surface area contributed by atoms with E-state index < -0.39 is 10.7 Å². The number of hydrazone groups is 1. The predicted octanol–water partition coefficient (Wildman–Crippen LogP) is 2.57. The number of hydrogen-bond acceptors (Lipinski definition) is 6. The zero-order valence-corrected chi connectivity index (χ0v) is 13.6. The molecule has 0 saturated heterocycles. The van der Waals surface area contributed by atoms with Gasteiger partial charge in [0.2, 0.25) is 0 Å². The van der Waals surface area contributed by atoms with Gasteiger partial charge in [0.1, 0.15) is 0 Å². The van der Waals surface area contributed by atoms with E-state index in [1.165, 1.54) is 0 Å². The van der Waals surface area contributed by atoms with Gasteiger partial charge in [-0.25, -0.2) is 8.42 Å². The second-order valence-electron chi connectivity index (χ2n) is 4.76. The number of nitrogens with two attached hydrogens (primary N) is 1. The molecule has 3 rings (SSSR count). The summed E-state index contributed by atoms with van der Waals surface area (Å²) in [6, 6.07) is 11.2. The van der Waals surface area contributed by atoms with E-state index in [0.717, 1.165) is 33.3 Å². The summed E-state index contributed by atoms with van der Waals surface area (Å²) < 4.78 is 22.5. The number of hydrogen-bond donors (Lipinski definition) is 2. The quantitative estimate of drug-likeness (QED) is 0.391. The zero-order chi connectivity index (χ0) is 15.7. The monoisotopic (exact) mass is 333 g/mol. The molecular weight excluding hydrogens is 318 g/mol. The van der Waals surface area contributed by atoms with Crippen LogP contribution in [-0.4, -0.2) is 21.2 Å².